The first-order chi connectivity index (χ1) is 5.77. The Labute approximate surface area is 69.9 Å². The zero-order valence-electron chi connectivity index (χ0n) is 6.83. The van der Waals surface area contributed by atoms with E-state index in [1.165, 1.54) is 0 Å². The lowest BCUT2D eigenvalue weighted by Crippen LogP contribution is -2.13. The van der Waals surface area contributed by atoms with Crippen molar-refractivity contribution >= 4 is 5.91 Å². The third kappa shape index (κ3) is 1.09. The summed E-state index contributed by atoms with van der Waals surface area (Å²) in [5, 5.41) is 6.45. The second-order valence-electron chi connectivity index (χ2n) is 3.04. The van der Waals surface area contributed by atoms with E-state index in [0.29, 0.717) is 13.0 Å². The number of aryl methyl sites for hydroxylation is 1. The summed E-state index contributed by atoms with van der Waals surface area (Å²) in [5.74, 6) is 1.18. The highest BCUT2D eigenvalue weighted by molar-refractivity contribution is 5.79. The average molecular weight is 166 g/mol. The molecular weight excluding hydrogens is 156 g/mol. The summed E-state index contributed by atoms with van der Waals surface area (Å²) in [6, 6.07) is 0. The molecule has 0 aromatic carbocycles. The highest BCUT2D eigenvalue weighted by Gasteiger charge is 2.25. The van der Waals surface area contributed by atoms with Crippen LogP contribution < -0.4 is 5.32 Å². The zero-order chi connectivity index (χ0) is 8.55. The molecule has 0 saturated carbocycles. The van der Waals surface area contributed by atoms with E-state index in [4.69, 9.17) is 4.52 Å². The van der Waals surface area contributed by atoms with Gasteiger partial charge in [-0.25, -0.2) is 0 Å². The number of carbonyl (C=O) groups excluding carboxylic acids is 1. The Morgan fingerprint density at radius 3 is 3.08 bits per heavy atom. The van der Waals surface area contributed by atoms with E-state index in [9.17, 15) is 4.79 Å². The molecule has 1 atom stereocenters. The smallest absolute Gasteiger partial charge is 0.220 e. The van der Waals surface area contributed by atoms with Gasteiger partial charge in [0.15, 0.2) is 0 Å². The highest BCUT2D eigenvalue weighted by atomic mass is 16.5. The number of aromatic nitrogens is 1. The Bertz CT molecular complexity index is 306. The van der Waals surface area contributed by atoms with Crippen LogP contribution in [-0.2, 0) is 4.79 Å². The van der Waals surface area contributed by atoms with Crippen LogP contribution in [0.5, 0.6) is 0 Å². The van der Waals surface area contributed by atoms with E-state index < -0.39 is 0 Å². The van der Waals surface area contributed by atoms with Crippen molar-refractivity contribution in [3.8, 4) is 0 Å². The summed E-state index contributed by atoms with van der Waals surface area (Å²) in [4.78, 5) is 10.9. The standard InChI is InChI=1S/C8H10N2O2/c1-5-7(4-10-12-5)6-2-8(11)9-3-6/h4,6H,2-3H2,1H3,(H,9,11). The molecule has 1 amide bonds. The van der Waals surface area contributed by atoms with Gasteiger partial charge in [-0.15, -0.1) is 0 Å². The predicted octanol–water partition coefficient (Wildman–Crippen LogP) is 0.587. The number of hydrogen-bond acceptors (Lipinski definition) is 3. The van der Waals surface area contributed by atoms with E-state index in [0.717, 1.165) is 11.3 Å². The summed E-state index contributed by atoms with van der Waals surface area (Å²) in [6.07, 6.45) is 2.25. The summed E-state index contributed by atoms with van der Waals surface area (Å²) >= 11 is 0. The van der Waals surface area contributed by atoms with Crippen LogP contribution in [0.15, 0.2) is 10.7 Å². The number of nitrogens with one attached hydrogen (secondary N) is 1. The molecule has 4 nitrogen and oxygen atoms in total. The van der Waals surface area contributed by atoms with Crippen LogP contribution in [0.4, 0.5) is 0 Å². The van der Waals surface area contributed by atoms with Gasteiger partial charge in [-0.3, -0.25) is 4.79 Å². The molecule has 4 heteroatoms. The first-order valence-electron chi connectivity index (χ1n) is 3.95. The first-order valence-corrected chi connectivity index (χ1v) is 3.95. The molecule has 0 aliphatic carbocycles. The Morgan fingerprint density at radius 2 is 2.58 bits per heavy atom. The van der Waals surface area contributed by atoms with Crippen LogP contribution >= 0.6 is 0 Å². The van der Waals surface area contributed by atoms with Crippen LogP contribution in [0.1, 0.15) is 23.7 Å². The minimum atomic E-state index is 0.112. The van der Waals surface area contributed by atoms with Gasteiger partial charge < -0.3 is 9.84 Å². The second kappa shape index (κ2) is 2.62. The van der Waals surface area contributed by atoms with Crippen molar-refractivity contribution < 1.29 is 9.32 Å². The molecule has 1 aliphatic rings. The normalized spacial score (nSPS) is 22.8. The van der Waals surface area contributed by atoms with E-state index >= 15 is 0 Å². The van der Waals surface area contributed by atoms with E-state index in [-0.39, 0.29) is 11.8 Å². The summed E-state index contributed by atoms with van der Waals surface area (Å²) in [6.45, 7) is 2.58. The monoisotopic (exact) mass is 166 g/mol. The molecule has 1 aromatic rings. The lowest BCUT2D eigenvalue weighted by atomic mass is 10.00. The maximum atomic E-state index is 10.9. The molecule has 1 unspecified atom stereocenters. The molecule has 2 heterocycles. The maximum absolute atomic E-state index is 10.9. The second-order valence-corrected chi connectivity index (χ2v) is 3.04. The largest absolute Gasteiger partial charge is 0.361 e. The molecule has 2 rings (SSSR count). The molecule has 1 saturated heterocycles. The van der Waals surface area contributed by atoms with Crippen molar-refractivity contribution in [3.63, 3.8) is 0 Å². The van der Waals surface area contributed by atoms with Gasteiger partial charge in [-0.2, -0.15) is 0 Å². The van der Waals surface area contributed by atoms with Crippen LogP contribution in [0, 0.1) is 6.92 Å². The molecule has 12 heavy (non-hydrogen) atoms. The van der Waals surface area contributed by atoms with Crippen molar-refractivity contribution in [2.75, 3.05) is 6.54 Å². The first kappa shape index (κ1) is 7.34. The van der Waals surface area contributed by atoms with Gasteiger partial charge >= 0.3 is 0 Å². The molecule has 1 aliphatic heterocycles. The van der Waals surface area contributed by atoms with Crippen molar-refractivity contribution in [2.24, 2.45) is 0 Å². The molecule has 1 N–H and O–H groups in total. The molecule has 64 valence electrons. The number of carbonyl (C=O) groups is 1. The van der Waals surface area contributed by atoms with Crippen LogP contribution in [-0.4, -0.2) is 17.6 Å². The number of amides is 1. The fourth-order valence-corrected chi connectivity index (χ4v) is 1.52. The Hall–Kier alpha value is -1.32. The van der Waals surface area contributed by atoms with Crippen LogP contribution in [0.3, 0.4) is 0 Å². The lowest BCUT2D eigenvalue weighted by molar-refractivity contribution is -0.119. The summed E-state index contributed by atoms with van der Waals surface area (Å²) in [5.41, 5.74) is 1.05. The Kier molecular flexibility index (Phi) is 1.60. The van der Waals surface area contributed by atoms with Crippen molar-refractivity contribution in [1.29, 1.82) is 0 Å². The number of rotatable bonds is 1. The maximum Gasteiger partial charge on any atom is 0.220 e. The van der Waals surface area contributed by atoms with E-state index in [2.05, 4.69) is 10.5 Å². The van der Waals surface area contributed by atoms with Gasteiger partial charge in [0, 0.05) is 24.4 Å². The summed E-state index contributed by atoms with van der Waals surface area (Å²) < 4.78 is 4.92. The molecule has 0 radical (unpaired) electrons. The third-order valence-electron chi connectivity index (χ3n) is 2.21. The van der Waals surface area contributed by atoms with Crippen LogP contribution in [0.25, 0.3) is 0 Å². The van der Waals surface area contributed by atoms with Gasteiger partial charge in [0.2, 0.25) is 5.91 Å². The summed E-state index contributed by atoms with van der Waals surface area (Å²) in [7, 11) is 0. The highest BCUT2D eigenvalue weighted by Crippen LogP contribution is 2.25. The quantitative estimate of drug-likeness (QED) is 0.664. The SMILES string of the molecule is Cc1oncc1C1CNC(=O)C1. The van der Waals surface area contributed by atoms with Crippen molar-refractivity contribution in [3.05, 3.63) is 17.5 Å². The topological polar surface area (TPSA) is 55.1 Å². The molecular formula is C8H10N2O2. The number of nitrogens with zero attached hydrogens (tertiary/aromatic N) is 1. The van der Waals surface area contributed by atoms with Gasteiger partial charge in [0.05, 0.1) is 6.20 Å². The molecule has 1 fully saturated rings. The van der Waals surface area contributed by atoms with Gasteiger partial charge in [0.25, 0.3) is 0 Å². The zero-order valence-corrected chi connectivity index (χ0v) is 6.83. The Morgan fingerprint density at radius 1 is 1.75 bits per heavy atom. The fourth-order valence-electron chi connectivity index (χ4n) is 1.52. The third-order valence-corrected chi connectivity index (χ3v) is 2.21. The lowest BCUT2D eigenvalue weighted by Gasteiger charge is -2.02. The van der Waals surface area contributed by atoms with Gasteiger partial charge in [-0.05, 0) is 6.92 Å². The molecule has 1 aromatic heterocycles. The Balaban J connectivity index is 2.21. The average Bonchev–Trinajstić information content (AvgIpc) is 2.58. The van der Waals surface area contributed by atoms with Crippen molar-refractivity contribution in [2.45, 2.75) is 19.3 Å². The van der Waals surface area contributed by atoms with Gasteiger partial charge in [0.1, 0.15) is 5.76 Å². The molecule has 0 spiro atoms. The van der Waals surface area contributed by atoms with Crippen LogP contribution in [0.2, 0.25) is 0 Å². The minimum absolute atomic E-state index is 0.112. The van der Waals surface area contributed by atoms with Gasteiger partial charge in [-0.1, -0.05) is 5.16 Å². The number of hydrogen-bond donors (Lipinski definition) is 1. The predicted molar refractivity (Wildman–Crippen MR) is 41.6 cm³/mol. The minimum Gasteiger partial charge on any atom is -0.361 e. The van der Waals surface area contributed by atoms with Crippen molar-refractivity contribution in [1.82, 2.24) is 10.5 Å². The molecule has 0 bridgehead atoms. The van der Waals surface area contributed by atoms with E-state index in [1.54, 1.807) is 6.20 Å². The van der Waals surface area contributed by atoms with E-state index in [1.807, 2.05) is 6.92 Å². The fraction of sp³-hybridized carbons (Fsp3) is 0.500.